The fraction of sp³-hybridized carbons (Fsp3) is 0.191. The minimum absolute atomic E-state index is 0.624. The number of rotatable bonds is 7. The Morgan fingerprint density at radius 2 is 1.20 bits per heavy atom. The Bertz CT molecular complexity index is 2470. The molecule has 0 N–H and O–H groups in total. The Labute approximate surface area is 293 Å². The molecule has 2 aliphatic carbocycles. The van der Waals surface area contributed by atoms with Crippen molar-refractivity contribution in [2.45, 2.75) is 57.8 Å². The Morgan fingerprint density at radius 3 is 1.84 bits per heavy atom. The van der Waals surface area contributed by atoms with Crippen molar-refractivity contribution in [2.24, 2.45) is 0 Å². The molecule has 6 aromatic carbocycles. The van der Waals surface area contributed by atoms with Gasteiger partial charge in [0.05, 0.1) is 34.7 Å². The van der Waals surface area contributed by atoms with Gasteiger partial charge in [0.2, 0.25) is 0 Å². The summed E-state index contributed by atoms with van der Waals surface area (Å²) in [4.78, 5) is 3.88. The minimum atomic E-state index is -0.653. The monoisotopic (exact) mass is 643 g/mol. The van der Waals surface area contributed by atoms with Gasteiger partial charge in [-0.05, 0) is 130 Å². The molecule has 9 rings (SSSR count). The summed E-state index contributed by atoms with van der Waals surface area (Å²) in [6.07, 6.45) is 6.91. The lowest BCUT2D eigenvalue weighted by atomic mass is 9.70. The molecule has 0 radical (unpaired) electrons. The predicted molar refractivity (Wildman–Crippen MR) is 205 cm³/mol. The van der Waals surface area contributed by atoms with E-state index in [1.807, 2.05) is 12.1 Å². The largest absolute Gasteiger partial charge is 0.309 e. The minimum Gasteiger partial charge on any atom is -0.309 e. The van der Waals surface area contributed by atoms with Crippen molar-refractivity contribution < 1.29 is 0 Å². The third-order valence-corrected chi connectivity index (χ3v) is 11.2. The molecule has 1 unspecified atom stereocenters. The Morgan fingerprint density at radius 1 is 0.620 bits per heavy atom. The van der Waals surface area contributed by atoms with Crippen LogP contribution in [0.2, 0.25) is 0 Å². The first-order valence-corrected chi connectivity index (χ1v) is 18.0. The summed E-state index contributed by atoms with van der Waals surface area (Å²) in [6.45, 7) is 12.5. The van der Waals surface area contributed by atoms with Gasteiger partial charge in [0.1, 0.15) is 0 Å². The molecule has 1 atom stereocenters. The first-order valence-electron chi connectivity index (χ1n) is 18.0. The van der Waals surface area contributed by atoms with E-state index >= 15 is 0 Å². The van der Waals surface area contributed by atoms with Crippen LogP contribution in [-0.2, 0) is 18.3 Å². The van der Waals surface area contributed by atoms with E-state index in [0.717, 1.165) is 40.8 Å². The van der Waals surface area contributed by atoms with Crippen LogP contribution in [0.5, 0.6) is 0 Å². The average Bonchev–Trinajstić information content (AvgIpc) is 3.76. The maximum Gasteiger partial charge on any atom is 0.187 e. The fourth-order valence-corrected chi connectivity index (χ4v) is 8.91. The van der Waals surface area contributed by atoms with E-state index in [1.54, 1.807) is 0 Å². The second kappa shape index (κ2) is 11.6. The third-order valence-electron chi connectivity index (χ3n) is 11.2. The van der Waals surface area contributed by atoms with Crippen LogP contribution in [0.1, 0.15) is 78.5 Å². The second-order valence-corrected chi connectivity index (χ2v) is 14.0. The highest BCUT2D eigenvalue weighted by atomic mass is 15.0. The van der Waals surface area contributed by atoms with Crippen molar-refractivity contribution in [1.82, 2.24) is 4.57 Å². The van der Waals surface area contributed by atoms with Crippen molar-refractivity contribution in [3.8, 4) is 34.0 Å². The summed E-state index contributed by atoms with van der Waals surface area (Å²) in [7, 11) is 0. The van der Waals surface area contributed by atoms with E-state index in [0.29, 0.717) is 11.3 Å². The van der Waals surface area contributed by atoms with Gasteiger partial charge in [0.25, 0.3) is 0 Å². The number of aryl methyl sites for hydroxylation is 2. The fourth-order valence-electron chi connectivity index (χ4n) is 8.91. The van der Waals surface area contributed by atoms with Gasteiger partial charge in [-0.25, -0.2) is 4.85 Å². The number of hydrogen-bond acceptors (Lipinski definition) is 1. The summed E-state index contributed by atoms with van der Waals surface area (Å²) in [5.41, 5.74) is 16.2. The summed E-state index contributed by atoms with van der Waals surface area (Å²) >= 11 is 0. The molecule has 0 aliphatic heterocycles. The van der Waals surface area contributed by atoms with Gasteiger partial charge < -0.3 is 4.57 Å². The van der Waals surface area contributed by atoms with E-state index in [9.17, 15) is 5.26 Å². The van der Waals surface area contributed by atoms with Crippen molar-refractivity contribution >= 4 is 27.5 Å². The molecule has 0 amide bonds. The van der Waals surface area contributed by atoms with Crippen molar-refractivity contribution in [2.75, 3.05) is 0 Å². The number of benzene rings is 6. The molecule has 1 aromatic heterocycles. The van der Waals surface area contributed by atoms with E-state index < -0.39 is 5.41 Å². The zero-order chi connectivity index (χ0) is 34.0. The maximum atomic E-state index is 10.1. The smallest absolute Gasteiger partial charge is 0.187 e. The van der Waals surface area contributed by atoms with Crippen LogP contribution < -0.4 is 0 Å². The highest BCUT2D eigenvalue weighted by molar-refractivity contribution is 6.10. The summed E-state index contributed by atoms with van der Waals surface area (Å²) in [5, 5.41) is 12.7. The van der Waals surface area contributed by atoms with E-state index in [-0.39, 0.29) is 0 Å². The van der Waals surface area contributed by atoms with Crippen molar-refractivity contribution in [3.63, 3.8) is 0 Å². The number of hydrogen-bond donors (Lipinski definition) is 0. The third kappa shape index (κ3) is 4.20. The van der Waals surface area contributed by atoms with E-state index in [4.69, 9.17) is 6.57 Å². The van der Waals surface area contributed by atoms with Gasteiger partial charge in [-0.15, -0.1) is 0 Å². The van der Waals surface area contributed by atoms with Gasteiger partial charge in [0, 0.05) is 16.5 Å². The van der Waals surface area contributed by atoms with Gasteiger partial charge >= 0.3 is 0 Å². The van der Waals surface area contributed by atoms with Crippen LogP contribution >= 0.6 is 0 Å². The van der Waals surface area contributed by atoms with Gasteiger partial charge in [-0.2, -0.15) is 5.26 Å². The number of nitriles is 1. The van der Waals surface area contributed by atoms with Crippen LogP contribution in [0, 0.1) is 17.9 Å². The molecule has 50 heavy (non-hydrogen) atoms. The molecule has 1 heterocycles. The summed E-state index contributed by atoms with van der Waals surface area (Å²) < 4.78 is 2.45. The quantitative estimate of drug-likeness (QED) is 0.159. The van der Waals surface area contributed by atoms with Crippen LogP contribution in [0.3, 0.4) is 0 Å². The Balaban J connectivity index is 1.35. The highest BCUT2D eigenvalue weighted by Gasteiger charge is 2.52. The first-order chi connectivity index (χ1) is 24.6. The first kappa shape index (κ1) is 30.2. The molecular formula is C47H37N3. The highest BCUT2D eigenvalue weighted by Crippen LogP contribution is 2.63. The number of unbranched alkanes of at least 4 members (excludes halogenated alkanes) is 2. The summed E-state index contributed by atoms with van der Waals surface area (Å²) in [5.74, 6) is 0. The lowest BCUT2D eigenvalue weighted by molar-refractivity contribution is 0.792. The van der Waals surface area contributed by atoms with Crippen LogP contribution in [-0.4, -0.2) is 4.57 Å². The van der Waals surface area contributed by atoms with Crippen LogP contribution in [0.25, 0.3) is 54.6 Å². The molecule has 3 heteroatoms. The van der Waals surface area contributed by atoms with Crippen LogP contribution in [0.4, 0.5) is 5.69 Å². The molecule has 0 bridgehead atoms. The summed E-state index contributed by atoms with van der Waals surface area (Å²) in [6, 6.07) is 44.4. The average molecular weight is 644 g/mol. The van der Waals surface area contributed by atoms with Gasteiger partial charge in [-0.3, -0.25) is 0 Å². The van der Waals surface area contributed by atoms with Crippen LogP contribution in [0.15, 0.2) is 115 Å². The molecule has 2 aliphatic rings. The maximum absolute atomic E-state index is 10.1. The van der Waals surface area contributed by atoms with E-state index in [2.05, 4.69) is 132 Å². The molecule has 240 valence electrons. The number of nitrogens with zero attached hydrogens (tertiary/aromatic N) is 3. The molecule has 3 nitrogen and oxygen atoms in total. The zero-order valence-corrected chi connectivity index (χ0v) is 28.6. The van der Waals surface area contributed by atoms with Gasteiger partial charge in [-0.1, -0.05) is 93.4 Å². The molecule has 0 saturated heterocycles. The Kier molecular flexibility index (Phi) is 7.01. The second-order valence-electron chi connectivity index (χ2n) is 14.0. The SMILES string of the molecule is [C-]#[N+]c1ccc2c(c1)C1(c3ccccc3-c3ccc(-n4c5ccc(CCCC)cc5c5cc(CCCC)ccc54)cc31)c1cc(C#N)ccc1-2. The molecule has 1 spiro atoms. The predicted octanol–water partition coefficient (Wildman–Crippen LogP) is 12.2. The lowest BCUT2D eigenvalue weighted by Crippen LogP contribution is -2.26. The molecular weight excluding hydrogens is 607 g/mol. The van der Waals surface area contributed by atoms with Crippen molar-refractivity contribution in [3.05, 3.63) is 166 Å². The van der Waals surface area contributed by atoms with Crippen molar-refractivity contribution in [1.29, 1.82) is 5.26 Å². The standard InChI is InChI=1S/C47H37N3/c1-4-6-10-30-15-22-45-39(24-30)40-25-31(11-7-5-2)16-23-46(40)50(45)34-18-21-38-35-12-8-9-13-41(35)47(44(38)28-34)42-26-32(29-48)14-19-36(42)37-20-17-33(49-3)27-43(37)47/h8-9,12-28H,4-7,10-11H2,1-2H3. The number of aromatic nitrogens is 1. The zero-order valence-electron chi connectivity index (χ0n) is 28.6. The lowest BCUT2D eigenvalue weighted by Gasteiger charge is -2.31. The van der Waals surface area contributed by atoms with E-state index in [1.165, 1.54) is 80.9 Å². The normalized spacial score (nSPS) is 15.1. The number of fused-ring (bicyclic) bond motifs is 13. The van der Waals surface area contributed by atoms with Gasteiger partial charge in [0.15, 0.2) is 5.69 Å². The molecule has 0 saturated carbocycles. The topological polar surface area (TPSA) is 33.1 Å². The molecule has 0 fully saturated rings. The Hall–Kier alpha value is -5.90. The molecule has 7 aromatic rings.